The maximum absolute atomic E-state index is 12.4. The molecule has 1 aromatic carbocycles. The monoisotopic (exact) mass is 345 g/mol. The molecule has 0 saturated carbocycles. The van der Waals surface area contributed by atoms with Gasteiger partial charge in [-0.25, -0.2) is 0 Å². The summed E-state index contributed by atoms with van der Waals surface area (Å²) >= 11 is 0. The van der Waals surface area contributed by atoms with E-state index in [9.17, 15) is 14.7 Å². The van der Waals surface area contributed by atoms with Gasteiger partial charge in [0.05, 0.1) is 17.6 Å². The Labute approximate surface area is 148 Å². The van der Waals surface area contributed by atoms with E-state index >= 15 is 0 Å². The van der Waals surface area contributed by atoms with Crippen LogP contribution in [0.3, 0.4) is 0 Å². The number of nitrogens with zero attached hydrogens (tertiary/aromatic N) is 1. The number of aromatic nitrogens is 1. The molecule has 0 unspecified atom stereocenters. The summed E-state index contributed by atoms with van der Waals surface area (Å²) in [6, 6.07) is 7.58. The fraction of sp³-hybridized carbons (Fsp3) is 0.474. The molecule has 1 aromatic heterocycles. The summed E-state index contributed by atoms with van der Waals surface area (Å²) in [5, 5.41) is 11.4. The number of hydrazine groups is 1. The molecule has 6 nitrogen and oxygen atoms in total. The van der Waals surface area contributed by atoms with Gasteiger partial charge in [0.25, 0.3) is 5.91 Å². The average Bonchev–Trinajstić information content (AvgIpc) is 2.90. The van der Waals surface area contributed by atoms with Crippen LogP contribution in [0.1, 0.15) is 56.3 Å². The molecule has 0 bridgehead atoms. The number of para-hydroxylation sites is 1. The van der Waals surface area contributed by atoms with Gasteiger partial charge in [-0.05, 0) is 18.9 Å². The lowest BCUT2D eigenvalue weighted by Gasteiger charge is -2.26. The lowest BCUT2D eigenvalue weighted by molar-refractivity contribution is -0.127. The minimum Gasteiger partial charge on any atom is -0.389 e. The lowest BCUT2D eigenvalue weighted by Crippen LogP contribution is -2.45. The van der Waals surface area contributed by atoms with Crippen molar-refractivity contribution < 1.29 is 14.7 Å². The van der Waals surface area contributed by atoms with Crippen molar-refractivity contribution in [3.05, 3.63) is 36.0 Å². The number of fused-ring (bicyclic) bond motifs is 1. The minimum absolute atomic E-state index is 0.0233. The van der Waals surface area contributed by atoms with Gasteiger partial charge >= 0.3 is 0 Å². The zero-order valence-electron chi connectivity index (χ0n) is 15.1. The molecular formula is C19H27N3O3. The van der Waals surface area contributed by atoms with E-state index in [2.05, 4.69) is 10.9 Å². The largest absolute Gasteiger partial charge is 0.389 e. The molecule has 0 saturated heterocycles. The van der Waals surface area contributed by atoms with Crippen molar-refractivity contribution in [1.29, 1.82) is 0 Å². The van der Waals surface area contributed by atoms with Gasteiger partial charge in [-0.15, -0.1) is 0 Å². The molecule has 1 heterocycles. The predicted octanol–water partition coefficient (Wildman–Crippen LogP) is 2.66. The van der Waals surface area contributed by atoms with Gasteiger partial charge in [0.15, 0.2) is 0 Å². The zero-order valence-corrected chi connectivity index (χ0v) is 15.1. The Hall–Kier alpha value is -2.34. The molecule has 2 amide bonds. The van der Waals surface area contributed by atoms with Crippen LogP contribution < -0.4 is 10.9 Å². The second kappa shape index (κ2) is 8.16. The zero-order chi connectivity index (χ0) is 18.4. The molecule has 2 rings (SSSR count). The van der Waals surface area contributed by atoms with E-state index in [4.69, 9.17) is 0 Å². The summed E-state index contributed by atoms with van der Waals surface area (Å²) in [6.45, 7) is 3.95. The standard InChI is InChI=1S/C19H27N3O3/c1-4-10-19(25,11-5-2)12-17(23)20-21-18(24)15-13-22(3)16-9-7-6-8-14(15)16/h6-9,13,25H,4-5,10-12H2,1-3H3,(H,20,23)(H,21,24). The van der Waals surface area contributed by atoms with Crippen molar-refractivity contribution in [3.63, 3.8) is 0 Å². The molecule has 0 fully saturated rings. The maximum Gasteiger partial charge on any atom is 0.271 e. The first-order valence-corrected chi connectivity index (χ1v) is 8.76. The van der Waals surface area contributed by atoms with E-state index in [1.165, 1.54) is 0 Å². The van der Waals surface area contributed by atoms with E-state index in [0.717, 1.165) is 23.7 Å². The van der Waals surface area contributed by atoms with Crippen LogP contribution in [0, 0.1) is 0 Å². The Morgan fingerprint density at radius 3 is 2.40 bits per heavy atom. The summed E-state index contributed by atoms with van der Waals surface area (Å²) in [4.78, 5) is 24.5. The number of rotatable bonds is 7. The molecular weight excluding hydrogens is 318 g/mol. The fourth-order valence-corrected chi connectivity index (χ4v) is 3.29. The van der Waals surface area contributed by atoms with Gasteiger partial charge in [-0.3, -0.25) is 20.4 Å². The predicted molar refractivity (Wildman–Crippen MR) is 97.9 cm³/mol. The van der Waals surface area contributed by atoms with Crippen molar-refractivity contribution in [2.45, 2.75) is 51.6 Å². The number of nitrogens with one attached hydrogen (secondary N) is 2. The summed E-state index contributed by atoms with van der Waals surface area (Å²) in [7, 11) is 1.87. The first-order valence-electron chi connectivity index (χ1n) is 8.76. The second-order valence-electron chi connectivity index (χ2n) is 6.57. The third kappa shape index (κ3) is 4.60. The molecule has 0 aliphatic heterocycles. The Morgan fingerprint density at radius 1 is 1.12 bits per heavy atom. The first kappa shape index (κ1) is 19.0. The van der Waals surface area contributed by atoms with Crippen LogP contribution in [-0.2, 0) is 11.8 Å². The van der Waals surface area contributed by atoms with Gasteiger partial charge in [0.2, 0.25) is 5.91 Å². The highest BCUT2D eigenvalue weighted by Gasteiger charge is 2.28. The molecule has 3 N–H and O–H groups in total. The highest BCUT2D eigenvalue weighted by molar-refractivity contribution is 6.07. The average molecular weight is 345 g/mol. The van der Waals surface area contributed by atoms with Gasteiger partial charge in [-0.2, -0.15) is 0 Å². The molecule has 136 valence electrons. The van der Waals surface area contributed by atoms with E-state index in [-0.39, 0.29) is 12.3 Å². The van der Waals surface area contributed by atoms with Crippen molar-refractivity contribution in [2.75, 3.05) is 0 Å². The quantitative estimate of drug-likeness (QED) is 0.675. The Balaban J connectivity index is 2.00. The number of aryl methyl sites for hydroxylation is 1. The number of carbonyl (C=O) groups is 2. The molecule has 0 aliphatic rings. The number of carbonyl (C=O) groups excluding carboxylic acids is 2. The van der Waals surface area contributed by atoms with Crippen molar-refractivity contribution >= 4 is 22.7 Å². The van der Waals surface area contributed by atoms with Crippen LogP contribution in [0.5, 0.6) is 0 Å². The van der Waals surface area contributed by atoms with Gasteiger partial charge in [0.1, 0.15) is 0 Å². The third-order valence-electron chi connectivity index (χ3n) is 4.38. The molecule has 0 spiro atoms. The van der Waals surface area contributed by atoms with E-state index < -0.39 is 11.5 Å². The van der Waals surface area contributed by atoms with Crippen LogP contribution in [-0.4, -0.2) is 27.1 Å². The topological polar surface area (TPSA) is 83.4 Å². The molecule has 2 aromatic rings. The summed E-state index contributed by atoms with van der Waals surface area (Å²) in [6.07, 6.45) is 4.43. The Bertz CT molecular complexity index is 745. The molecule has 0 radical (unpaired) electrons. The normalized spacial score (nSPS) is 11.5. The molecule has 6 heteroatoms. The van der Waals surface area contributed by atoms with Crippen LogP contribution in [0.15, 0.2) is 30.5 Å². The van der Waals surface area contributed by atoms with Crippen molar-refractivity contribution in [2.24, 2.45) is 7.05 Å². The second-order valence-corrected chi connectivity index (χ2v) is 6.57. The summed E-state index contributed by atoms with van der Waals surface area (Å²) < 4.78 is 1.87. The Kier molecular flexibility index (Phi) is 6.20. The van der Waals surface area contributed by atoms with Crippen LogP contribution in [0.2, 0.25) is 0 Å². The fourth-order valence-electron chi connectivity index (χ4n) is 3.29. The van der Waals surface area contributed by atoms with Crippen molar-refractivity contribution in [3.8, 4) is 0 Å². The number of benzene rings is 1. The maximum atomic E-state index is 12.4. The molecule has 25 heavy (non-hydrogen) atoms. The highest BCUT2D eigenvalue weighted by atomic mass is 16.3. The number of hydrogen-bond donors (Lipinski definition) is 3. The van der Waals surface area contributed by atoms with Gasteiger partial charge in [-0.1, -0.05) is 44.9 Å². The lowest BCUT2D eigenvalue weighted by atomic mass is 9.89. The third-order valence-corrected chi connectivity index (χ3v) is 4.38. The highest BCUT2D eigenvalue weighted by Crippen LogP contribution is 2.23. The van der Waals surface area contributed by atoms with E-state index in [1.54, 1.807) is 6.20 Å². The number of hydrogen-bond acceptors (Lipinski definition) is 3. The van der Waals surface area contributed by atoms with Crippen LogP contribution in [0.25, 0.3) is 10.9 Å². The van der Waals surface area contributed by atoms with Crippen molar-refractivity contribution in [1.82, 2.24) is 15.4 Å². The van der Waals surface area contributed by atoms with E-state index in [1.807, 2.05) is 49.7 Å². The van der Waals surface area contributed by atoms with Gasteiger partial charge in [0, 0.05) is 24.1 Å². The Morgan fingerprint density at radius 2 is 1.76 bits per heavy atom. The van der Waals surface area contributed by atoms with Crippen LogP contribution >= 0.6 is 0 Å². The summed E-state index contributed by atoms with van der Waals surface area (Å²) in [5.41, 5.74) is 5.29. The minimum atomic E-state index is -1.02. The molecule has 0 atom stereocenters. The smallest absolute Gasteiger partial charge is 0.271 e. The summed E-state index contributed by atoms with van der Waals surface area (Å²) in [5.74, 6) is -0.766. The number of aliphatic hydroxyl groups is 1. The van der Waals surface area contributed by atoms with Gasteiger partial charge < -0.3 is 9.67 Å². The van der Waals surface area contributed by atoms with Crippen LogP contribution in [0.4, 0.5) is 0 Å². The first-order chi connectivity index (χ1) is 11.9. The van der Waals surface area contributed by atoms with E-state index in [0.29, 0.717) is 18.4 Å². The SMILES string of the molecule is CCCC(O)(CCC)CC(=O)NNC(=O)c1cn(C)c2ccccc12. The molecule has 0 aliphatic carbocycles. The number of amides is 2.